The molecule has 0 rings (SSSR count). The molecule has 0 atom stereocenters. The van der Waals surface area contributed by atoms with Crippen molar-refractivity contribution in [3.8, 4) is 0 Å². The Kier molecular flexibility index (Phi) is 27.9. The summed E-state index contributed by atoms with van der Waals surface area (Å²) in [6.07, 6.45) is 11.0. The van der Waals surface area contributed by atoms with Crippen LogP contribution in [0, 0.1) is 0 Å². The molecule has 0 aromatic rings. The van der Waals surface area contributed by atoms with Gasteiger partial charge in [-0.25, -0.2) is 0 Å². The average molecular weight is 652 g/mol. The lowest BCUT2D eigenvalue weighted by molar-refractivity contribution is -0.122. The first-order chi connectivity index (χ1) is 22.1. The maximum atomic E-state index is 12.0. The van der Waals surface area contributed by atoms with E-state index >= 15 is 0 Å². The zero-order valence-electron chi connectivity index (χ0n) is 28.2. The third-order valence-corrected chi connectivity index (χ3v) is 7.07. The van der Waals surface area contributed by atoms with Crippen LogP contribution in [-0.4, -0.2) is 81.3 Å². The molecule has 0 aliphatic heterocycles. The minimum Gasteiger partial charge on any atom is -0.356 e. The molecule has 46 heavy (non-hydrogen) atoms. The first kappa shape index (κ1) is 42.5. The van der Waals surface area contributed by atoms with Crippen LogP contribution in [0.2, 0.25) is 0 Å². The van der Waals surface area contributed by atoms with E-state index in [4.69, 9.17) is 5.73 Å². The van der Waals surface area contributed by atoms with Crippen LogP contribution >= 0.6 is 0 Å². The highest BCUT2D eigenvalue weighted by atomic mass is 16.2. The van der Waals surface area contributed by atoms with Gasteiger partial charge in [0.05, 0.1) is 0 Å². The molecule has 13 nitrogen and oxygen atoms in total. The number of carbonyl (C=O) groups excluding carboxylic acids is 6. The Balaban J connectivity index is 3.52. The fourth-order valence-corrected chi connectivity index (χ4v) is 4.26. The molecule has 0 aliphatic carbocycles. The van der Waals surface area contributed by atoms with Crippen LogP contribution in [0.15, 0.2) is 12.2 Å². The summed E-state index contributed by atoms with van der Waals surface area (Å²) in [5.41, 5.74) is 5.89. The van der Waals surface area contributed by atoms with E-state index < -0.39 is 0 Å². The molecule has 0 unspecified atom stereocenters. The van der Waals surface area contributed by atoms with Gasteiger partial charge in [-0.3, -0.25) is 28.8 Å². The molecule has 13 heteroatoms. The first-order valence-corrected chi connectivity index (χ1v) is 17.1. The number of amides is 6. The summed E-state index contributed by atoms with van der Waals surface area (Å²) in [6, 6.07) is 0. The van der Waals surface area contributed by atoms with Crippen molar-refractivity contribution in [3.05, 3.63) is 12.2 Å². The van der Waals surface area contributed by atoms with Gasteiger partial charge in [0.25, 0.3) is 0 Å². The van der Waals surface area contributed by atoms with Crippen molar-refractivity contribution < 1.29 is 28.8 Å². The summed E-state index contributed by atoms with van der Waals surface area (Å²) in [7, 11) is 0. The lowest BCUT2D eigenvalue weighted by Crippen LogP contribution is -2.27. The van der Waals surface area contributed by atoms with E-state index in [2.05, 4.69) is 38.5 Å². The van der Waals surface area contributed by atoms with Gasteiger partial charge in [0, 0.05) is 76.9 Å². The molecule has 0 aromatic heterocycles. The van der Waals surface area contributed by atoms with Crippen molar-refractivity contribution >= 4 is 35.4 Å². The molecule has 0 saturated carbocycles. The predicted octanol–water partition coefficient (Wildman–Crippen LogP) is 1.85. The summed E-state index contributed by atoms with van der Waals surface area (Å²) >= 11 is 0. The number of hydrogen-bond acceptors (Lipinski definition) is 7. The molecule has 0 aromatic carbocycles. The van der Waals surface area contributed by atoms with E-state index in [9.17, 15) is 28.8 Å². The second-order valence-electron chi connectivity index (χ2n) is 11.6. The fraction of sp³-hybridized carbons (Fsp3) is 0.758. The Labute approximate surface area is 275 Å². The standard InChI is InChI=1S/C33H61N7O6/c1-27(2)33(46)40-26-13-7-19-31(44)38-24-11-5-17-29(42)36-22-9-3-15-28(41)35-21-10-4-16-30(43)37-23-12-6-18-32(45)39-25-14-8-20-34/h1,3-26,34H2,2H3,(H,35,41)(H,36,42)(H,37,43)(H,38,44)(H,39,45)(H,40,46). The van der Waals surface area contributed by atoms with Gasteiger partial charge in [0.1, 0.15) is 0 Å². The number of rotatable bonds is 30. The zero-order valence-corrected chi connectivity index (χ0v) is 28.2. The molecule has 0 aliphatic rings. The third-order valence-electron chi connectivity index (χ3n) is 7.07. The monoisotopic (exact) mass is 651 g/mol. The molecule has 8 N–H and O–H groups in total. The lowest BCUT2D eigenvalue weighted by atomic mass is 10.2. The van der Waals surface area contributed by atoms with E-state index in [1.807, 2.05) is 0 Å². The van der Waals surface area contributed by atoms with Crippen molar-refractivity contribution in [1.29, 1.82) is 0 Å². The average Bonchev–Trinajstić information content (AvgIpc) is 3.02. The van der Waals surface area contributed by atoms with Crippen LogP contribution in [0.4, 0.5) is 0 Å². The lowest BCUT2D eigenvalue weighted by Gasteiger charge is -2.08. The van der Waals surface area contributed by atoms with Crippen LogP contribution in [-0.2, 0) is 28.8 Å². The van der Waals surface area contributed by atoms with Gasteiger partial charge in [0.2, 0.25) is 35.4 Å². The van der Waals surface area contributed by atoms with Crippen molar-refractivity contribution in [2.45, 2.75) is 116 Å². The van der Waals surface area contributed by atoms with Crippen LogP contribution in [0.3, 0.4) is 0 Å². The first-order valence-electron chi connectivity index (χ1n) is 17.1. The van der Waals surface area contributed by atoms with Crippen molar-refractivity contribution in [3.63, 3.8) is 0 Å². The minimum absolute atomic E-state index is 0.0164. The molecule has 0 heterocycles. The van der Waals surface area contributed by atoms with Crippen molar-refractivity contribution in [2.24, 2.45) is 5.73 Å². The molecular weight excluding hydrogens is 590 g/mol. The molecule has 0 fully saturated rings. The fourth-order valence-electron chi connectivity index (χ4n) is 4.26. The van der Waals surface area contributed by atoms with Gasteiger partial charge in [0.15, 0.2) is 0 Å². The smallest absolute Gasteiger partial charge is 0.246 e. The Morgan fingerprint density at radius 2 is 0.652 bits per heavy atom. The molecular formula is C33H61N7O6. The van der Waals surface area contributed by atoms with Crippen LogP contribution in [0.25, 0.3) is 0 Å². The Morgan fingerprint density at radius 3 is 0.891 bits per heavy atom. The SMILES string of the molecule is C=C(C)C(=O)NCCCCC(=O)NCCCCC(=O)NCCCCC(=O)NCCCCC(=O)NCCCCC(=O)NCCCCN. The molecule has 6 amide bonds. The van der Waals surface area contributed by atoms with Crippen LogP contribution in [0.1, 0.15) is 116 Å². The summed E-state index contributed by atoms with van der Waals surface area (Å²) in [5.74, 6) is -0.243. The van der Waals surface area contributed by atoms with Crippen molar-refractivity contribution in [2.75, 3.05) is 45.8 Å². The van der Waals surface area contributed by atoms with E-state index in [0.717, 1.165) is 44.9 Å². The molecule has 0 saturated heterocycles. The largest absolute Gasteiger partial charge is 0.356 e. The normalized spacial score (nSPS) is 10.5. The van der Waals surface area contributed by atoms with E-state index in [1.165, 1.54) is 0 Å². The summed E-state index contributed by atoms with van der Waals surface area (Å²) in [6.45, 7) is 9.16. The maximum Gasteiger partial charge on any atom is 0.246 e. The third kappa shape index (κ3) is 29.2. The molecule has 0 radical (unpaired) electrons. The van der Waals surface area contributed by atoms with E-state index in [-0.39, 0.29) is 35.4 Å². The number of hydrogen-bond donors (Lipinski definition) is 7. The Hall–Kier alpha value is -3.48. The highest BCUT2D eigenvalue weighted by Gasteiger charge is 2.06. The van der Waals surface area contributed by atoms with Gasteiger partial charge in [-0.2, -0.15) is 0 Å². The quantitative estimate of drug-likeness (QED) is 0.0454. The van der Waals surface area contributed by atoms with Gasteiger partial charge in [-0.05, 0) is 90.5 Å². The number of unbranched alkanes of at least 4 members (excludes halogenated alkanes) is 6. The minimum atomic E-state index is -0.169. The molecule has 264 valence electrons. The number of nitrogens with two attached hydrogens (primary N) is 1. The predicted molar refractivity (Wildman–Crippen MR) is 180 cm³/mol. The Bertz CT molecular complexity index is 913. The van der Waals surface area contributed by atoms with Crippen molar-refractivity contribution in [1.82, 2.24) is 31.9 Å². The second-order valence-corrected chi connectivity index (χ2v) is 11.6. The van der Waals surface area contributed by atoms with Gasteiger partial charge < -0.3 is 37.6 Å². The van der Waals surface area contributed by atoms with Gasteiger partial charge >= 0.3 is 0 Å². The summed E-state index contributed by atoms with van der Waals surface area (Å²) < 4.78 is 0. The molecule has 0 bridgehead atoms. The molecule has 0 spiro atoms. The Morgan fingerprint density at radius 1 is 0.413 bits per heavy atom. The van der Waals surface area contributed by atoms with Gasteiger partial charge in [-0.15, -0.1) is 0 Å². The maximum absolute atomic E-state index is 12.0. The highest BCUT2D eigenvalue weighted by molar-refractivity contribution is 5.92. The topological polar surface area (TPSA) is 201 Å². The van der Waals surface area contributed by atoms with Crippen LogP contribution in [0.5, 0.6) is 0 Å². The number of nitrogens with one attached hydrogen (secondary N) is 6. The number of carbonyl (C=O) groups is 6. The second kappa shape index (κ2) is 30.2. The summed E-state index contributed by atoms with van der Waals surface area (Å²) in [5, 5.41) is 17.1. The van der Waals surface area contributed by atoms with E-state index in [0.29, 0.717) is 116 Å². The van der Waals surface area contributed by atoms with E-state index in [1.54, 1.807) is 6.92 Å². The zero-order chi connectivity index (χ0) is 34.3. The highest BCUT2D eigenvalue weighted by Crippen LogP contribution is 2.00. The van der Waals surface area contributed by atoms with Crippen LogP contribution < -0.4 is 37.6 Å². The summed E-state index contributed by atoms with van der Waals surface area (Å²) in [4.78, 5) is 70.8. The van der Waals surface area contributed by atoms with Gasteiger partial charge in [-0.1, -0.05) is 6.58 Å².